The number of aromatic nitrogens is 3. The van der Waals surface area contributed by atoms with E-state index in [0.717, 1.165) is 30.4 Å². The molecule has 88 valence electrons. The van der Waals surface area contributed by atoms with Gasteiger partial charge in [0, 0.05) is 12.6 Å². The quantitative estimate of drug-likeness (QED) is 0.779. The monoisotopic (exact) mass is 240 g/mol. The van der Waals surface area contributed by atoms with Crippen LogP contribution in [0.15, 0.2) is 5.16 Å². The van der Waals surface area contributed by atoms with Crippen molar-refractivity contribution in [2.24, 2.45) is 0 Å². The van der Waals surface area contributed by atoms with E-state index in [9.17, 15) is 4.79 Å². The third kappa shape index (κ3) is 2.75. The molecular formula is C10H16N4OS. The number of amides is 1. The maximum absolute atomic E-state index is 11.5. The largest absolute Gasteiger partial charge is 0.353 e. The number of carbonyl (C=O) groups is 1. The average Bonchev–Trinajstić information content (AvgIpc) is 2.98. The number of rotatable bonds is 5. The summed E-state index contributed by atoms with van der Waals surface area (Å²) in [5.41, 5.74) is 0. The molecule has 0 unspecified atom stereocenters. The number of aryl methyl sites for hydroxylation is 1. The molecule has 1 aliphatic carbocycles. The molecule has 1 N–H and O–H groups in total. The zero-order valence-electron chi connectivity index (χ0n) is 9.56. The molecular weight excluding hydrogens is 224 g/mol. The molecule has 0 aromatic carbocycles. The second-order valence-corrected chi connectivity index (χ2v) is 4.85. The maximum Gasteiger partial charge on any atom is 0.230 e. The van der Waals surface area contributed by atoms with Gasteiger partial charge in [-0.25, -0.2) is 0 Å². The fourth-order valence-corrected chi connectivity index (χ4v) is 2.32. The van der Waals surface area contributed by atoms with E-state index in [1.165, 1.54) is 11.8 Å². The van der Waals surface area contributed by atoms with Crippen molar-refractivity contribution in [2.45, 2.75) is 44.4 Å². The molecule has 2 rings (SSSR count). The van der Waals surface area contributed by atoms with E-state index >= 15 is 0 Å². The summed E-state index contributed by atoms with van der Waals surface area (Å²) in [6.45, 7) is 4.81. The van der Waals surface area contributed by atoms with Gasteiger partial charge in [0.25, 0.3) is 0 Å². The van der Waals surface area contributed by atoms with Crippen molar-refractivity contribution in [3.8, 4) is 0 Å². The summed E-state index contributed by atoms with van der Waals surface area (Å²) in [4.78, 5) is 11.5. The highest BCUT2D eigenvalue weighted by atomic mass is 32.2. The minimum atomic E-state index is 0.0933. The molecule has 1 aromatic heterocycles. The van der Waals surface area contributed by atoms with Crippen LogP contribution in [0.3, 0.4) is 0 Å². The second kappa shape index (κ2) is 4.86. The van der Waals surface area contributed by atoms with Crippen LogP contribution in [0, 0.1) is 6.92 Å². The van der Waals surface area contributed by atoms with Gasteiger partial charge in [-0.1, -0.05) is 11.8 Å². The van der Waals surface area contributed by atoms with Gasteiger partial charge >= 0.3 is 0 Å². The molecule has 0 atom stereocenters. The van der Waals surface area contributed by atoms with Crippen molar-refractivity contribution in [3.05, 3.63) is 5.82 Å². The normalized spacial score (nSPS) is 15.1. The third-order valence-corrected chi connectivity index (χ3v) is 3.46. The van der Waals surface area contributed by atoms with Gasteiger partial charge in [0.05, 0.1) is 5.75 Å². The predicted molar refractivity (Wildman–Crippen MR) is 62.3 cm³/mol. The molecule has 0 aliphatic heterocycles. The zero-order valence-corrected chi connectivity index (χ0v) is 10.4. The van der Waals surface area contributed by atoms with E-state index in [1.54, 1.807) is 0 Å². The highest BCUT2D eigenvalue weighted by Gasteiger charge is 2.23. The Kier molecular flexibility index (Phi) is 3.48. The second-order valence-electron chi connectivity index (χ2n) is 3.90. The fourth-order valence-electron chi connectivity index (χ4n) is 1.46. The zero-order chi connectivity index (χ0) is 11.5. The van der Waals surface area contributed by atoms with E-state index in [0.29, 0.717) is 11.8 Å². The molecule has 0 spiro atoms. The van der Waals surface area contributed by atoms with Crippen molar-refractivity contribution in [1.29, 1.82) is 0 Å². The molecule has 0 bridgehead atoms. The minimum Gasteiger partial charge on any atom is -0.353 e. The Morgan fingerprint density at radius 3 is 2.94 bits per heavy atom. The minimum absolute atomic E-state index is 0.0933. The Hall–Kier alpha value is -1.04. The molecule has 1 heterocycles. The summed E-state index contributed by atoms with van der Waals surface area (Å²) >= 11 is 1.45. The number of hydrogen-bond acceptors (Lipinski definition) is 4. The van der Waals surface area contributed by atoms with Crippen molar-refractivity contribution in [2.75, 3.05) is 5.75 Å². The lowest BCUT2D eigenvalue weighted by atomic mass is 10.6. The molecule has 1 amide bonds. The number of nitrogens with zero attached hydrogens (tertiary/aromatic N) is 3. The van der Waals surface area contributed by atoms with Crippen LogP contribution in [-0.4, -0.2) is 32.5 Å². The van der Waals surface area contributed by atoms with Gasteiger partial charge in [-0.15, -0.1) is 10.2 Å². The standard InChI is InChI=1S/C10H16N4OS/c1-3-14-7(2)12-13-10(14)16-6-9(15)11-8-4-5-8/h8H,3-6H2,1-2H3,(H,11,15). The van der Waals surface area contributed by atoms with E-state index in [4.69, 9.17) is 0 Å². The Morgan fingerprint density at radius 2 is 2.31 bits per heavy atom. The van der Waals surface area contributed by atoms with Crippen LogP contribution in [0.2, 0.25) is 0 Å². The first-order valence-corrected chi connectivity index (χ1v) is 6.51. The number of carbonyl (C=O) groups excluding carboxylic acids is 1. The summed E-state index contributed by atoms with van der Waals surface area (Å²) in [7, 11) is 0. The van der Waals surface area contributed by atoms with Crippen LogP contribution in [0.5, 0.6) is 0 Å². The molecule has 16 heavy (non-hydrogen) atoms. The molecule has 6 heteroatoms. The molecule has 0 radical (unpaired) electrons. The number of thioether (sulfide) groups is 1. The highest BCUT2D eigenvalue weighted by molar-refractivity contribution is 7.99. The topological polar surface area (TPSA) is 59.8 Å². The van der Waals surface area contributed by atoms with Crippen LogP contribution in [0.1, 0.15) is 25.6 Å². The first kappa shape index (κ1) is 11.4. The molecule has 1 saturated carbocycles. The lowest BCUT2D eigenvalue weighted by Crippen LogP contribution is -2.27. The Morgan fingerprint density at radius 1 is 1.56 bits per heavy atom. The van der Waals surface area contributed by atoms with Crippen molar-refractivity contribution in [1.82, 2.24) is 20.1 Å². The maximum atomic E-state index is 11.5. The van der Waals surface area contributed by atoms with Gasteiger partial charge in [-0.05, 0) is 26.7 Å². The van der Waals surface area contributed by atoms with Crippen molar-refractivity contribution < 1.29 is 4.79 Å². The van der Waals surface area contributed by atoms with E-state index in [1.807, 2.05) is 18.4 Å². The van der Waals surface area contributed by atoms with Crippen LogP contribution in [0.4, 0.5) is 0 Å². The fraction of sp³-hybridized carbons (Fsp3) is 0.700. The summed E-state index contributed by atoms with van der Waals surface area (Å²) in [6.07, 6.45) is 2.25. The lowest BCUT2D eigenvalue weighted by molar-refractivity contribution is -0.118. The van der Waals surface area contributed by atoms with E-state index in [-0.39, 0.29) is 5.91 Å². The molecule has 0 saturated heterocycles. The van der Waals surface area contributed by atoms with Crippen LogP contribution < -0.4 is 5.32 Å². The summed E-state index contributed by atoms with van der Waals surface area (Å²) < 4.78 is 2.01. The van der Waals surface area contributed by atoms with Gasteiger partial charge in [-0.3, -0.25) is 4.79 Å². The Bertz CT molecular complexity index is 386. The molecule has 1 aromatic rings. The van der Waals surface area contributed by atoms with Crippen LogP contribution in [0.25, 0.3) is 0 Å². The van der Waals surface area contributed by atoms with E-state index < -0.39 is 0 Å². The summed E-state index contributed by atoms with van der Waals surface area (Å²) in [5, 5.41) is 11.8. The van der Waals surface area contributed by atoms with Crippen molar-refractivity contribution >= 4 is 17.7 Å². The first-order chi connectivity index (χ1) is 7.70. The van der Waals surface area contributed by atoms with Gasteiger partial charge < -0.3 is 9.88 Å². The van der Waals surface area contributed by atoms with Crippen molar-refractivity contribution in [3.63, 3.8) is 0 Å². The Labute approximate surface area is 99.0 Å². The first-order valence-electron chi connectivity index (χ1n) is 5.52. The summed E-state index contributed by atoms with van der Waals surface area (Å²) in [6, 6.07) is 0.430. The molecule has 1 fully saturated rings. The van der Waals surface area contributed by atoms with Gasteiger partial charge in [-0.2, -0.15) is 0 Å². The lowest BCUT2D eigenvalue weighted by Gasteiger charge is -2.05. The number of nitrogens with one attached hydrogen (secondary N) is 1. The van der Waals surface area contributed by atoms with E-state index in [2.05, 4.69) is 15.5 Å². The Balaban J connectivity index is 1.85. The van der Waals surface area contributed by atoms with Gasteiger partial charge in [0.1, 0.15) is 5.82 Å². The predicted octanol–water partition coefficient (Wildman–Crippen LogP) is 0.977. The highest BCUT2D eigenvalue weighted by Crippen LogP contribution is 2.20. The van der Waals surface area contributed by atoms with Crippen LogP contribution in [-0.2, 0) is 11.3 Å². The smallest absolute Gasteiger partial charge is 0.230 e. The van der Waals surface area contributed by atoms with Gasteiger partial charge in [0.15, 0.2) is 5.16 Å². The third-order valence-electron chi connectivity index (χ3n) is 2.49. The van der Waals surface area contributed by atoms with Gasteiger partial charge in [0.2, 0.25) is 5.91 Å². The SMILES string of the molecule is CCn1c(C)nnc1SCC(=O)NC1CC1. The number of hydrogen-bond donors (Lipinski definition) is 1. The van der Waals surface area contributed by atoms with Crippen LogP contribution >= 0.6 is 11.8 Å². The summed E-state index contributed by atoms with van der Waals surface area (Å²) in [5.74, 6) is 1.41. The molecule has 1 aliphatic rings. The average molecular weight is 240 g/mol. The molecule has 5 nitrogen and oxygen atoms in total.